The third kappa shape index (κ3) is 4.43. The quantitative estimate of drug-likeness (QED) is 0.192. The van der Waals surface area contributed by atoms with Gasteiger partial charge in [0.05, 0.1) is 52.3 Å². The summed E-state index contributed by atoms with van der Waals surface area (Å²) in [7, 11) is 0. The van der Waals surface area contributed by atoms with Gasteiger partial charge in [0.2, 0.25) is 0 Å². The molecule has 4 unspecified atom stereocenters. The second-order valence-electron chi connectivity index (χ2n) is 13.2. The second-order valence-corrected chi connectivity index (χ2v) is 13.2. The molecule has 0 radical (unpaired) electrons. The maximum atomic E-state index is 10.7. The van der Waals surface area contributed by atoms with Crippen molar-refractivity contribution in [3.63, 3.8) is 0 Å². The minimum atomic E-state index is -0.386. The first-order valence-corrected chi connectivity index (χ1v) is 17.1. The van der Waals surface area contributed by atoms with E-state index in [0.29, 0.717) is 11.1 Å². The molecule has 5 heteroatoms. The molecule has 4 atom stereocenters. The third-order valence-corrected chi connectivity index (χ3v) is 10.7. The summed E-state index contributed by atoms with van der Waals surface area (Å²) in [6.45, 7) is 0. The van der Waals surface area contributed by atoms with Gasteiger partial charge in [-0.15, -0.1) is 0 Å². The molecule has 0 spiro atoms. The van der Waals surface area contributed by atoms with E-state index in [1.165, 1.54) is 11.1 Å². The lowest BCUT2D eigenvalue weighted by Crippen LogP contribution is -2.20. The summed E-state index contributed by atoms with van der Waals surface area (Å²) in [5.41, 5.74) is 10.2. The molecule has 3 aliphatic carbocycles. The van der Waals surface area contributed by atoms with E-state index in [9.17, 15) is 15.8 Å². The number of nitriles is 3. The molecule has 5 nitrogen and oxygen atoms in total. The highest BCUT2D eigenvalue weighted by Crippen LogP contribution is 2.46. The fourth-order valence-corrected chi connectivity index (χ4v) is 8.52. The first-order valence-electron chi connectivity index (χ1n) is 17.1. The molecule has 0 aliphatic heterocycles. The van der Waals surface area contributed by atoms with Crippen LogP contribution in [0.2, 0.25) is 0 Å². The Morgan fingerprint density at radius 1 is 0.680 bits per heavy atom. The number of aryl methyl sites for hydroxylation is 1. The summed E-state index contributed by atoms with van der Waals surface area (Å²) in [6, 6.07) is 36.1. The zero-order chi connectivity index (χ0) is 33.8. The molecule has 2 heterocycles. The lowest BCUT2D eigenvalue weighted by molar-refractivity contribution is 0.566. The Morgan fingerprint density at radius 3 is 2.32 bits per heavy atom. The maximum Gasteiger partial charge on any atom is 0.0998 e. The van der Waals surface area contributed by atoms with Crippen molar-refractivity contribution < 1.29 is 0 Å². The van der Waals surface area contributed by atoms with E-state index in [-0.39, 0.29) is 23.8 Å². The molecular weight excluding hydrogens is 611 g/mol. The van der Waals surface area contributed by atoms with Crippen LogP contribution < -0.4 is 0 Å². The first-order chi connectivity index (χ1) is 24.7. The molecular formula is C45H31N5. The number of fused-ring (bicyclic) bond motifs is 6. The summed E-state index contributed by atoms with van der Waals surface area (Å²) in [4.78, 5) is 0. The van der Waals surface area contributed by atoms with E-state index < -0.39 is 0 Å². The normalized spacial score (nSPS) is 20.8. The van der Waals surface area contributed by atoms with Crippen LogP contribution in [0.25, 0.3) is 44.5 Å². The highest BCUT2D eigenvalue weighted by atomic mass is 15.0. The fourth-order valence-electron chi connectivity index (χ4n) is 8.52. The van der Waals surface area contributed by atoms with E-state index in [1.807, 2.05) is 36.4 Å². The molecule has 0 amide bonds. The van der Waals surface area contributed by atoms with Gasteiger partial charge in [-0.25, -0.2) is 0 Å². The van der Waals surface area contributed by atoms with Crippen molar-refractivity contribution in [2.45, 2.75) is 30.7 Å². The van der Waals surface area contributed by atoms with E-state index in [2.05, 4.69) is 131 Å². The van der Waals surface area contributed by atoms with Crippen LogP contribution in [-0.2, 0) is 6.42 Å². The predicted molar refractivity (Wildman–Crippen MR) is 200 cm³/mol. The standard InChI is InChI=1S/C45H31N5/c46-26-29-20-23-43-39(24-29)37-14-4-6-16-40(37)49(43)32-21-22-33(31(25-32)28-48)34-11-1-2-12-35(34)36-13-3-7-17-41(36)50-42-18-8-5-15-38(42)45-30(27-47)10-9-19-44(45)50/h1-3,5-13,15-25,31,33,36,41H,4,14H2. The molecule has 0 saturated carbocycles. The first kappa shape index (κ1) is 29.5. The van der Waals surface area contributed by atoms with Gasteiger partial charge in [0, 0.05) is 44.9 Å². The molecule has 0 bridgehead atoms. The largest absolute Gasteiger partial charge is 0.332 e. The van der Waals surface area contributed by atoms with Gasteiger partial charge in [-0.2, -0.15) is 15.8 Å². The number of aromatic nitrogens is 2. The van der Waals surface area contributed by atoms with Gasteiger partial charge in [0.25, 0.3) is 0 Å². The van der Waals surface area contributed by atoms with Gasteiger partial charge >= 0.3 is 0 Å². The summed E-state index contributed by atoms with van der Waals surface area (Å²) >= 11 is 0. The second kappa shape index (κ2) is 11.8. The Bertz CT molecular complexity index is 2670. The van der Waals surface area contributed by atoms with Crippen molar-refractivity contribution in [1.82, 2.24) is 9.13 Å². The number of para-hydroxylation sites is 1. The average Bonchev–Trinajstić information content (AvgIpc) is 3.70. The Hall–Kier alpha value is -6.61. The molecule has 0 saturated heterocycles. The molecule has 9 rings (SSSR count). The number of nitrogens with zero attached hydrogens (tertiary/aromatic N) is 5. The topological polar surface area (TPSA) is 81.2 Å². The van der Waals surface area contributed by atoms with Crippen molar-refractivity contribution in [3.05, 3.63) is 167 Å². The Labute approximate surface area is 290 Å². The van der Waals surface area contributed by atoms with Gasteiger partial charge in [-0.1, -0.05) is 85.0 Å². The maximum absolute atomic E-state index is 10.7. The van der Waals surface area contributed by atoms with Crippen molar-refractivity contribution in [2.75, 3.05) is 0 Å². The van der Waals surface area contributed by atoms with Crippen LogP contribution in [0.4, 0.5) is 0 Å². The van der Waals surface area contributed by atoms with Crippen LogP contribution in [-0.4, -0.2) is 9.13 Å². The molecule has 4 aromatic carbocycles. The zero-order valence-electron chi connectivity index (χ0n) is 27.2. The van der Waals surface area contributed by atoms with Crippen molar-refractivity contribution in [1.29, 1.82) is 15.8 Å². The van der Waals surface area contributed by atoms with E-state index >= 15 is 0 Å². The SMILES string of the molecule is N#Cc1ccc2c(c1)c1c(n2C2=CC(C#N)C(c3ccccc3C3C=CC=CC3n3c4ccccc4c4c(C#N)cccc43)C=C2)C=CCC1. The molecule has 50 heavy (non-hydrogen) atoms. The molecule has 236 valence electrons. The van der Waals surface area contributed by atoms with Gasteiger partial charge in [0.1, 0.15) is 0 Å². The third-order valence-electron chi connectivity index (χ3n) is 10.7. The fraction of sp³-hybridized carbons (Fsp3) is 0.133. The van der Waals surface area contributed by atoms with Crippen LogP contribution in [0.5, 0.6) is 0 Å². The molecule has 3 aliphatic rings. The van der Waals surface area contributed by atoms with Crippen LogP contribution in [0.15, 0.2) is 134 Å². The Balaban J connectivity index is 1.15. The van der Waals surface area contributed by atoms with Crippen LogP contribution in [0.1, 0.15) is 57.8 Å². The molecule has 2 aromatic heterocycles. The van der Waals surface area contributed by atoms with Gasteiger partial charge < -0.3 is 9.13 Å². The number of rotatable bonds is 4. The van der Waals surface area contributed by atoms with E-state index in [0.717, 1.165) is 62.5 Å². The number of hydrogen-bond donors (Lipinski definition) is 0. The van der Waals surface area contributed by atoms with Gasteiger partial charge in [-0.05, 0) is 84.2 Å². The molecule has 6 aromatic rings. The van der Waals surface area contributed by atoms with Crippen molar-refractivity contribution in [2.24, 2.45) is 5.92 Å². The Morgan fingerprint density at radius 2 is 1.48 bits per heavy atom. The predicted octanol–water partition coefficient (Wildman–Crippen LogP) is 10.2. The summed E-state index contributed by atoms with van der Waals surface area (Å²) < 4.78 is 4.64. The lowest BCUT2D eigenvalue weighted by Gasteiger charge is -2.32. The minimum absolute atomic E-state index is 0.000976. The smallest absolute Gasteiger partial charge is 0.0998 e. The van der Waals surface area contributed by atoms with Crippen LogP contribution >= 0.6 is 0 Å². The van der Waals surface area contributed by atoms with Crippen molar-refractivity contribution >= 4 is 44.5 Å². The summed E-state index contributed by atoms with van der Waals surface area (Å²) in [5, 5.41) is 33.5. The van der Waals surface area contributed by atoms with Crippen LogP contribution in [0.3, 0.4) is 0 Å². The summed E-state index contributed by atoms with van der Waals surface area (Å²) in [6.07, 6.45) is 21.5. The number of hydrogen-bond acceptors (Lipinski definition) is 3. The van der Waals surface area contributed by atoms with Gasteiger partial charge in [-0.3, -0.25) is 0 Å². The zero-order valence-corrected chi connectivity index (χ0v) is 27.2. The van der Waals surface area contributed by atoms with E-state index in [4.69, 9.17) is 0 Å². The van der Waals surface area contributed by atoms with Gasteiger partial charge in [0.15, 0.2) is 0 Å². The highest BCUT2D eigenvalue weighted by Gasteiger charge is 2.32. The average molecular weight is 642 g/mol. The molecule has 0 fully saturated rings. The Kier molecular flexibility index (Phi) is 6.98. The summed E-state index contributed by atoms with van der Waals surface area (Å²) in [5.74, 6) is -0.524. The lowest BCUT2D eigenvalue weighted by atomic mass is 9.76. The van der Waals surface area contributed by atoms with Crippen molar-refractivity contribution in [3.8, 4) is 18.2 Å². The van der Waals surface area contributed by atoms with Crippen LogP contribution in [0, 0.1) is 39.9 Å². The minimum Gasteiger partial charge on any atom is -0.332 e. The highest BCUT2D eigenvalue weighted by molar-refractivity contribution is 6.11. The van der Waals surface area contributed by atoms with E-state index in [1.54, 1.807) is 0 Å². The number of allylic oxidation sites excluding steroid dienone is 9. The number of benzene rings is 4. The molecule has 0 N–H and O–H groups in total. The monoisotopic (exact) mass is 641 g/mol.